The summed E-state index contributed by atoms with van der Waals surface area (Å²) in [6.07, 6.45) is -3.43. The van der Waals surface area contributed by atoms with Crippen LogP contribution in [0.15, 0.2) is 30.5 Å². The highest BCUT2D eigenvalue weighted by molar-refractivity contribution is 5.88. The van der Waals surface area contributed by atoms with Crippen molar-refractivity contribution in [3.05, 3.63) is 41.7 Å². The number of hydrogen-bond donors (Lipinski definition) is 1. The van der Waals surface area contributed by atoms with Crippen LogP contribution < -0.4 is 15.0 Å². The second-order valence-corrected chi connectivity index (χ2v) is 9.18. The lowest BCUT2D eigenvalue weighted by molar-refractivity contribution is -0.141. The van der Waals surface area contributed by atoms with Gasteiger partial charge in [-0.2, -0.15) is 28.1 Å². The molecule has 0 radical (unpaired) electrons. The number of alkyl halides is 3. The Morgan fingerprint density at radius 1 is 1.05 bits per heavy atom. The van der Waals surface area contributed by atoms with E-state index >= 15 is 0 Å². The predicted octanol–water partition coefficient (Wildman–Crippen LogP) is 2.99. The minimum atomic E-state index is -4.56. The van der Waals surface area contributed by atoms with Gasteiger partial charge in [-0.3, -0.25) is 9.88 Å². The smallest absolute Gasteiger partial charge is 0.433 e. The van der Waals surface area contributed by atoms with Crippen LogP contribution in [-0.2, 0) is 22.2 Å². The Hall–Kier alpha value is -3.29. The molecule has 2 aliphatic heterocycles. The van der Waals surface area contributed by atoms with Crippen molar-refractivity contribution in [3.63, 3.8) is 0 Å². The van der Waals surface area contributed by atoms with Crippen molar-refractivity contribution in [1.29, 1.82) is 0 Å². The van der Waals surface area contributed by atoms with Crippen LogP contribution in [0.1, 0.15) is 18.2 Å². The van der Waals surface area contributed by atoms with Crippen LogP contribution >= 0.6 is 0 Å². The van der Waals surface area contributed by atoms with Crippen molar-refractivity contribution < 1.29 is 27.4 Å². The number of pyridine rings is 2. The summed E-state index contributed by atoms with van der Waals surface area (Å²) in [4.78, 5) is 21.8. The Kier molecular flexibility index (Phi) is 8.05. The largest absolute Gasteiger partial charge is 0.476 e. The molecule has 0 spiro atoms. The van der Waals surface area contributed by atoms with Gasteiger partial charge in [-0.05, 0) is 19.1 Å². The van der Waals surface area contributed by atoms with E-state index in [1.165, 1.54) is 12.1 Å². The first-order valence-electron chi connectivity index (χ1n) is 12.6. The SMILES string of the molecule is CC1COCCN1c1nc(NCc2cccnc2C(F)(F)F)c2ccc(OCCN3CCOCC3)nc2n1. The fraction of sp³-hybridized carbons (Fsp3) is 0.520. The number of halogens is 3. The van der Waals surface area contributed by atoms with Crippen LogP contribution in [0.25, 0.3) is 11.0 Å². The molecular weight excluding hydrogens is 503 g/mol. The second-order valence-electron chi connectivity index (χ2n) is 9.18. The zero-order valence-electron chi connectivity index (χ0n) is 21.1. The molecule has 38 heavy (non-hydrogen) atoms. The molecule has 0 aliphatic carbocycles. The van der Waals surface area contributed by atoms with Gasteiger partial charge in [-0.25, -0.2) is 0 Å². The standard InChI is InChI=1S/C25H30F3N7O3/c1-17-16-37-13-10-35(17)24-32-22(30-15-18-3-2-6-29-21(18)25(26,27)28)19-4-5-20(31-23(19)33-24)38-14-9-34-7-11-36-12-8-34/h2-6,17H,7-16H2,1H3,(H,30,31,32,33). The van der Waals surface area contributed by atoms with E-state index in [0.29, 0.717) is 68.3 Å². The first-order chi connectivity index (χ1) is 18.4. The number of hydrogen-bond acceptors (Lipinski definition) is 10. The number of anilines is 2. The lowest BCUT2D eigenvalue weighted by Crippen LogP contribution is -2.44. The van der Waals surface area contributed by atoms with Gasteiger partial charge in [0.05, 0.1) is 37.9 Å². The van der Waals surface area contributed by atoms with Crippen molar-refractivity contribution >= 4 is 22.8 Å². The first-order valence-corrected chi connectivity index (χ1v) is 12.6. The summed E-state index contributed by atoms with van der Waals surface area (Å²) < 4.78 is 57.2. The number of aromatic nitrogens is 4. The molecule has 10 nitrogen and oxygen atoms in total. The molecule has 204 valence electrons. The fourth-order valence-electron chi connectivity index (χ4n) is 4.47. The van der Waals surface area contributed by atoms with Crippen LogP contribution in [-0.4, -0.2) is 90.1 Å². The van der Waals surface area contributed by atoms with Gasteiger partial charge in [0.2, 0.25) is 11.8 Å². The average molecular weight is 534 g/mol. The van der Waals surface area contributed by atoms with E-state index in [2.05, 4.69) is 30.2 Å². The maximum absolute atomic E-state index is 13.5. The third-order valence-electron chi connectivity index (χ3n) is 6.51. The molecule has 0 aromatic carbocycles. The topological polar surface area (TPSA) is 97.8 Å². The van der Waals surface area contributed by atoms with Crippen molar-refractivity contribution in [3.8, 4) is 5.88 Å². The number of morpholine rings is 2. The van der Waals surface area contributed by atoms with Gasteiger partial charge in [0.1, 0.15) is 18.1 Å². The summed E-state index contributed by atoms with van der Waals surface area (Å²) in [5.74, 6) is 1.23. The van der Waals surface area contributed by atoms with Crippen LogP contribution in [0.2, 0.25) is 0 Å². The number of nitrogens with one attached hydrogen (secondary N) is 1. The van der Waals surface area contributed by atoms with Crippen molar-refractivity contribution in [2.24, 2.45) is 0 Å². The van der Waals surface area contributed by atoms with E-state index in [1.54, 1.807) is 12.1 Å². The van der Waals surface area contributed by atoms with Gasteiger partial charge in [0.15, 0.2) is 5.65 Å². The van der Waals surface area contributed by atoms with E-state index in [-0.39, 0.29) is 18.2 Å². The first kappa shape index (κ1) is 26.3. The van der Waals surface area contributed by atoms with Crippen LogP contribution in [0.4, 0.5) is 24.9 Å². The van der Waals surface area contributed by atoms with E-state index in [1.807, 2.05) is 11.8 Å². The normalized spacial score (nSPS) is 19.1. The molecule has 2 aliphatic rings. The van der Waals surface area contributed by atoms with Gasteiger partial charge in [0.25, 0.3) is 0 Å². The van der Waals surface area contributed by atoms with Gasteiger partial charge in [-0.15, -0.1) is 0 Å². The van der Waals surface area contributed by atoms with E-state index in [0.717, 1.165) is 25.8 Å². The van der Waals surface area contributed by atoms with Crippen molar-refractivity contribution in [1.82, 2.24) is 24.8 Å². The lowest BCUT2D eigenvalue weighted by atomic mass is 10.2. The predicted molar refractivity (Wildman–Crippen MR) is 134 cm³/mol. The zero-order chi connectivity index (χ0) is 26.5. The van der Waals surface area contributed by atoms with E-state index in [9.17, 15) is 13.2 Å². The van der Waals surface area contributed by atoms with E-state index < -0.39 is 11.9 Å². The minimum absolute atomic E-state index is 0.0177. The van der Waals surface area contributed by atoms with Gasteiger partial charge in [0, 0.05) is 50.6 Å². The summed E-state index contributed by atoms with van der Waals surface area (Å²) in [7, 11) is 0. The van der Waals surface area contributed by atoms with Gasteiger partial charge in [-0.1, -0.05) is 6.07 Å². The Morgan fingerprint density at radius 3 is 2.66 bits per heavy atom. The highest BCUT2D eigenvalue weighted by Gasteiger charge is 2.35. The van der Waals surface area contributed by atoms with Crippen molar-refractivity contribution in [2.75, 3.05) is 69.4 Å². The van der Waals surface area contributed by atoms with Crippen molar-refractivity contribution in [2.45, 2.75) is 25.7 Å². The maximum atomic E-state index is 13.5. The third kappa shape index (κ3) is 6.22. The molecule has 3 aromatic rings. The second kappa shape index (κ2) is 11.6. The Morgan fingerprint density at radius 2 is 1.87 bits per heavy atom. The molecule has 1 N–H and O–H groups in total. The monoisotopic (exact) mass is 533 g/mol. The van der Waals surface area contributed by atoms with Crippen LogP contribution in [0, 0.1) is 0 Å². The maximum Gasteiger partial charge on any atom is 0.433 e. The number of rotatable bonds is 8. The highest BCUT2D eigenvalue weighted by atomic mass is 19.4. The molecule has 2 saturated heterocycles. The average Bonchev–Trinajstić information content (AvgIpc) is 2.92. The molecule has 0 saturated carbocycles. The minimum Gasteiger partial charge on any atom is -0.476 e. The summed E-state index contributed by atoms with van der Waals surface area (Å²) in [5, 5.41) is 3.64. The lowest BCUT2D eigenvalue weighted by Gasteiger charge is -2.33. The van der Waals surface area contributed by atoms with E-state index in [4.69, 9.17) is 14.2 Å². The number of nitrogens with zero attached hydrogens (tertiary/aromatic N) is 6. The summed E-state index contributed by atoms with van der Waals surface area (Å²) in [6, 6.07) is 6.40. The molecule has 5 rings (SSSR count). The zero-order valence-corrected chi connectivity index (χ0v) is 21.1. The number of fused-ring (bicyclic) bond motifs is 1. The number of ether oxygens (including phenoxy) is 3. The Balaban J connectivity index is 1.41. The summed E-state index contributed by atoms with van der Waals surface area (Å²) in [6.45, 7) is 7.89. The van der Waals surface area contributed by atoms with Crippen LogP contribution in [0.5, 0.6) is 5.88 Å². The van der Waals surface area contributed by atoms with Gasteiger partial charge < -0.3 is 24.4 Å². The molecule has 13 heteroatoms. The highest BCUT2D eigenvalue weighted by Crippen LogP contribution is 2.31. The molecule has 1 unspecified atom stereocenters. The molecule has 0 bridgehead atoms. The Labute approximate surface area is 218 Å². The molecule has 0 amide bonds. The molecule has 5 heterocycles. The van der Waals surface area contributed by atoms with Crippen LogP contribution in [0.3, 0.4) is 0 Å². The fourth-order valence-corrected chi connectivity index (χ4v) is 4.47. The quantitative estimate of drug-likeness (QED) is 0.465. The van der Waals surface area contributed by atoms with Gasteiger partial charge >= 0.3 is 6.18 Å². The molecule has 3 aromatic heterocycles. The molecule has 2 fully saturated rings. The summed E-state index contributed by atoms with van der Waals surface area (Å²) in [5.41, 5.74) is -0.520. The Bertz CT molecular complexity index is 1240. The third-order valence-corrected chi connectivity index (χ3v) is 6.51. The molecular formula is C25H30F3N7O3. The summed E-state index contributed by atoms with van der Waals surface area (Å²) >= 11 is 0. The molecule has 1 atom stereocenters.